The fourth-order valence-corrected chi connectivity index (χ4v) is 4.25. The monoisotopic (exact) mass is 298 g/mol. The van der Waals surface area contributed by atoms with Gasteiger partial charge in [-0.15, -0.1) is 0 Å². The molecule has 0 saturated heterocycles. The van der Waals surface area contributed by atoms with Crippen molar-refractivity contribution in [2.24, 2.45) is 0 Å². The Morgan fingerprint density at radius 1 is 0.870 bits per heavy atom. The van der Waals surface area contributed by atoms with Crippen molar-refractivity contribution in [1.82, 2.24) is 0 Å². The van der Waals surface area contributed by atoms with Crippen LogP contribution in [-0.4, -0.2) is 0 Å². The standard InChI is InChI=1S/C22H18O/c1-13-12-17-20(14-8-4-6-10-16(14)22(17,2)3)21-19(13)15-9-5-7-11-18(15)23-21/h4-12H,1-3H3. The van der Waals surface area contributed by atoms with Gasteiger partial charge in [-0.1, -0.05) is 62.4 Å². The first-order valence-corrected chi connectivity index (χ1v) is 8.14. The van der Waals surface area contributed by atoms with Crippen LogP contribution in [0.3, 0.4) is 0 Å². The highest BCUT2D eigenvalue weighted by Crippen LogP contribution is 2.53. The molecular weight excluding hydrogens is 280 g/mol. The van der Waals surface area contributed by atoms with E-state index in [0.29, 0.717) is 0 Å². The van der Waals surface area contributed by atoms with E-state index in [1.807, 2.05) is 6.07 Å². The van der Waals surface area contributed by atoms with Crippen LogP contribution in [0.1, 0.15) is 30.5 Å². The van der Waals surface area contributed by atoms with Crippen LogP contribution in [0, 0.1) is 6.92 Å². The Morgan fingerprint density at radius 2 is 1.61 bits per heavy atom. The summed E-state index contributed by atoms with van der Waals surface area (Å²) >= 11 is 0. The van der Waals surface area contributed by atoms with Crippen LogP contribution in [0.2, 0.25) is 0 Å². The first kappa shape index (κ1) is 13.0. The summed E-state index contributed by atoms with van der Waals surface area (Å²) in [5, 5.41) is 2.47. The van der Waals surface area contributed by atoms with E-state index in [0.717, 1.165) is 11.2 Å². The SMILES string of the molecule is Cc1cc2c(c3oc4ccccc4c13)-c1ccccc1C2(C)C. The summed E-state index contributed by atoms with van der Waals surface area (Å²) in [6, 6.07) is 19.4. The Labute approximate surface area is 135 Å². The minimum absolute atomic E-state index is 0.0177. The zero-order valence-corrected chi connectivity index (χ0v) is 13.6. The molecule has 1 aliphatic carbocycles. The molecular formula is C22H18O. The fourth-order valence-electron chi connectivity index (χ4n) is 4.25. The van der Waals surface area contributed by atoms with Gasteiger partial charge in [0, 0.05) is 21.8 Å². The maximum absolute atomic E-state index is 6.33. The second-order valence-corrected chi connectivity index (χ2v) is 7.09. The summed E-state index contributed by atoms with van der Waals surface area (Å²) < 4.78 is 6.33. The van der Waals surface area contributed by atoms with Crippen molar-refractivity contribution in [3.63, 3.8) is 0 Å². The van der Waals surface area contributed by atoms with Crippen molar-refractivity contribution in [2.75, 3.05) is 0 Å². The molecule has 5 rings (SSSR count). The summed E-state index contributed by atoms with van der Waals surface area (Å²) in [4.78, 5) is 0. The molecule has 0 amide bonds. The Bertz CT molecular complexity index is 1100. The van der Waals surface area contributed by atoms with Crippen molar-refractivity contribution in [1.29, 1.82) is 0 Å². The van der Waals surface area contributed by atoms with E-state index in [-0.39, 0.29) is 5.41 Å². The van der Waals surface area contributed by atoms with Crippen LogP contribution < -0.4 is 0 Å². The van der Waals surface area contributed by atoms with E-state index in [9.17, 15) is 0 Å². The largest absolute Gasteiger partial charge is 0.455 e. The predicted octanol–water partition coefficient (Wildman–Crippen LogP) is 6.20. The highest BCUT2D eigenvalue weighted by molar-refractivity contribution is 6.13. The average Bonchev–Trinajstić information content (AvgIpc) is 3.03. The molecule has 0 aliphatic heterocycles. The van der Waals surface area contributed by atoms with E-state index in [4.69, 9.17) is 4.42 Å². The highest BCUT2D eigenvalue weighted by Gasteiger charge is 2.37. The Morgan fingerprint density at radius 3 is 2.48 bits per heavy atom. The van der Waals surface area contributed by atoms with Crippen molar-refractivity contribution in [3.8, 4) is 11.1 Å². The van der Waals surface area contributed by atoms with Crippen molar-refractivity contribution < 1.29 is 4.42 Å². The van der Waals surface area contributed by atoms with Gasteiger partial charge in [0.05, 0.1) is 0 Å². The molecule has 1 heteroatoms. The van der Waals surface area contributed by atoms with Crippen molar-refractivity contribution in [2.45, 2.75) is 26.2 Å². The van der Waals surface area contributed by atoms with Crippen LogP contribution in [0.25, 0.3) is 33.1 Å². The lowest BCUT2D eigenvalue weighted by molar-refractivity contribution is 0.652. The third-order valence-corrected chi connectivity index (χ3v) is 5.39. The number of hydrogen-bond donors (Lipinski definition) is 0. The molecule has 112 valence electrons. The maximum atomic E-state index is 6.33. The van der Waals surface area contributed by atoms with Gasteiger partial charge in [0.1, 0.15) is 11.2 Å². The molecule has 4 aromatic rings. The zero-order chi connectivity index (χ0) is 15.8. The van der Waals surface area contributed by atoms with E-state index < -0.39 is 0 Å². The van der Waals surface area contributed by atoms with Crippen LogP contribution >= 0.6 is 0 Å². The van der Waals surface area contributed by atoms with E-state index in [2.05, 4.69) is 69.3 Å². The van der Waals surface area contributed by atoms with Crippen LogP contribution in [0.4, 0.5) is 0 Å². The molecule has 23 heavy (non-hydrogen) atoms. The molecule has 0 atom stereocenters. The Hall–Kier alpha value is -2.54. The third-order valence-electron chi connectivity index (χ3n) is 5.39. The summed E-state index contributed by atoms with van der Waals surface area (Å²) in [6.45, 7) is 6.82. The van der Waals surface area contributed by atoms with Gasteiger partial charge in [-0.2, -0.15) is 0 Å². The van der Waals surface area contributed by atoms with E-state index >= 15 is 0 Å². The topological polar surface area (TPSA) is 13.1 Å². The number of para-hydroxylation sites is 1. The normalized spacial score (nSPS) is 15.1. The minimum atomic E-state index is 0.0177. The number of furan rings is 1. The second-order valence-electron chi connectivity index (χ2n) is 7.09. The fraction of sp³-hybridized carbons (Fsp3) is 0.182. The molecule has 0 radical (unpaired) electrons. The molecule has 0 saturated carbocycles. The number of rotatable bonds is 0. The van der Waals surface area contributed by atoms with E-state index in [1.165, 1.54) is 38.6 Å². The lowest BCUT2D eigenvalue weighted by atomic mass is 9.81. The van der Waals surface area contributed by atoms with Gasteiger partial charge in [0.25, 0.3) is 0 Å². The van der Waals surface area contributed by atoms with Gasteiger partial charge in [-0.05, 0) is 35.2 Å². The molecule has 1 aliphatic rings. The molecule has 0 N–H and O–H groups in total. The first-order valence-electron chi connectivity index (χ1n) is 8.14. The number of aryl methyl sites for hydroxylation is 1. The van der Waals surface area contributed by atoms with Gasteiger partial charge in [0.15, 0.2) is 0 Å². The predicted molar refractivity (Wildman–Crippen MR) is 96.0 cm³/mol. The molecule has 0 unspecified atom stereocenters. The molecule has 3 aromatic carbocycles. The lowest BCUT2D eigenvalue weighted by Gasteiger charge is -2.21. The van der Waals surface area contributed by atoms with Gasteiger partial charge < -0.3 is 4.42 Å². The number of fused-ring (bicyclic) bond motifs is 7. The summed E-state index contributed by atoms with van der Waals surface area (Å²) in [7, 11) is 0. The van der Waals surface area contributed by atoms with Gasteiger partial charge in [-0.25, -0.2) is 0 Å². The number of benzene rings is 3. The minimum Gasteiger partial charge on any atom is -0.455 e. The van der Waals surface area contributed by atoms with Gasteiger partial charge in [0.2, 0.25) is 0 Å². The average molecular weight is 298 g/mol. The zero-order valence-electron chi connectivity index (χ0n) is 13.6. The maximum Gasteiger partial charge on any atom is 0.143 e. The summed E-state index contributed by atoms with van der Waals surface area (Å²) in [5.74, 6) is 0. The highest BCUT2D eigenvalue weighted by atomic mass is 16.3. The second kappa shape index (κ2) is 4.05. The van der Waals surface area contributed by atoms with E-state index in [1.54, 1.807) is 0 Å². The molecule has 1 aromatic heterocycles. The summed E-state index contributed by atoms with van der Waals surface area (Å²) in [6.07, 6.45) is 0. The van der Waals surface area contributed by atoms with Gasteiger partial charge in [-0.3, -0.25) is 0 Å². The smallest absolute Gasteiger partial charge is 0.143 e. The lowest BCUT2D eigenvalue weighted by Crippen LogP contribution is -2.15. The van der Waals surface area contributed by atoms with Crippen LogP contribution in [0.5, 0.6) is 0 Å². The molecule has 0 fully saturated rings. The Balaban J connectivity index is 2.05. The first-order chi connectivity index (χ1) is 11.1. The van der Waals surface area contributed by atoms with Crippen LogP contribution in [0.15, 0.2) is 59.0 Å². The molecule has 0 spiro atoms. The number of hydrogen-bond acceptors (Lipinski definition) is 1. The molecule has 1 heterocycles. The van der Waals surface area contributed by atoms with Crippen molar-refractivity contribution >= 4 is 21.9 Å². The molecule has 1 nitrogen and oxygen atoms in total. The quantitative estimate of drug-likeness (QED) is 0.376. The molecule has 0 bridgehead atoms. The van der Waals surface area contributed by atoms with Crippen LogP contribution in [-0.2, 0) is 5.41 Å². The van der Waals surface area contributed by atoms with Crippen molar-refractivity contribution in [3.05, 3.63) is 71.3 Å². The third kappa shape index (κ3) is 1.47. The summed E-state index contributed by atoms with van der Waals surface area (Å²) in [5.41, 5.74) is 8.69. The van der Waals surface area contributed by atoms with Gasteiger partial charge >= 0.3 is 0 Å². The Kier molecular flexibility index (Phi) is 2.28.